The number of carbonyl (C=O) groups is 2. The minimum Gasteiger partial charge on any atom is -0.393 e. The first-order valence-electron chi connectivity index (χ1n) is 7.90. The van der Waals surface area contributed by atoms with Crippen molar-refractivity contribution in [3.63, 3.8) is 0 Å². The zero-order valence-corrected chi connectivity index (χ0v) is 13.6. The molecule has 3 N–H and O–H groups in total. The maximum absolute atomic E-state index is 11.9. The summed E-state index contributed by atoms with van der Waals surface area (Å²) in [5.41, 5.74) is 2.80. The molecule has 1 aromatic rings. The highest BCUT2D eigenvalue weighted by atomic mass is 16.3. The number of carbonyl (C=O) groups excluding carboxylic acids is 2. The molecule has 1 unspecified atom stereocenters. The van der Waals surface area contributed by atoms with E-state index in [9.17, 15) is 14.7 Å². The number of benzene rings is 1. The fraction of sp³-hybridized carbons (Fsp3) is 0.529. The van der Waals surface area contributed by atoms with Crippen molar-refractivity contribution >= 4 is 17.5 Å². The van der Waals surface area contributed by atoms with Gasteiger partial charge in [-0.05, 0) is 42.9 Å². The van der Waals surface area contributed by atoms with Crippen molar-refractivity contribution in [3.05, 3.63) is 29.3 Å². The molecule has 0 fully saturated rings. The molecule has 5 heteroatoms. The second kappa shape index (κ2) is 9.20. The molecule has 22 heavy (non-hydrogen) atoms. The molecule has 0 heterocycles. The van der Waals surface area contributed by atoms with Crippen LogP contribution in [0.1, 0.15) is 44.7 Å². The van der Waals surface area contributed by atoms with E-state index in [1.165, 1.54) is 0 Å². The zero-order valence-electron chi connectivity index (χ0n) is 13.6. The van der Waals surface area contributed by atoms with Gasteiger partial charge in [-0.3, -0.25) is 9.59 Å². The van der Waals surface area contributed by atoms with Gasteiger partial charge in [-0.1, -0.05) is 32.9 Å². The molecule has 0 bridgehead atoms. The summed E-state index contributed by atoms with van der Waals surface area (Å²) in [5.74, 6) is -1.35. The largest absolute Gasteiger partial charge is 0.393 e. The van der Waals surface area contributed by atoms with Gasteiger partial charge in [0.1, 0.15) is 0 Å². The standard InChI is InChI=1S/C17H26N2O3/c1-4-12-7-8-13(5-2)15(11-12)19-17(22)16(21)18-10-9-14(20)6-3/h7-8,11,14,20H,4-6,9-10H2,1-3H3,(H,18,21)(H,19,22). The van der Waals surface area contributed by atoms with Crippen LogP contribution < -0.4 is 10.6 Å². The summed E-state index contributed by atoms with van der Waals surface area (Å²) in [7, 11) is 0. The second-order valence-corrected chi connectivity index (χ2v) is 5.26. The summed E-state index contributed by atoms with van der Waals surface area (Å²) < 4.78 is 0. The van der Waals surface area contributed by atoms with E-state index in [1.54, 1.807) is 0 Å². The molecule has 0 aliphatic rings. The first-order valence-corrected chi connectivity index (χ1v) is 7.90. The second-order valence-electron chi connectivity index (χ2n) is 5.26. The van der Waals surface area contributed by atoms with E-state index >= 15 is 0 Å². The van der Waals surface area contributed by atoms with Gasteiger partial charge in [0.05, 0.1) is 6.10 Å². The Kier molecular flexibility index (Phi) is 7.60. The lowest BCUT2D eigenvalue weighted by Gasteiger charge is -2.12. The van der Waals surface area contributed by atoms with Gasteiger partial charge in [-0.15, -0.1) is 0 Å². The molecular weight excluding hydrogens is 280 g/mol. The molecule has 122 valence electrons. The molecule has 0 spiro atoms. The molecule has 1 aromatic carbocycles. The quantitative estimate of drug-likeness (QED) is 0.674. The number of nitrogens with one attached hydrogen (secondary N) is 2. The molecule has 0 saturated heterocycles. The molecule has 2 amide bonds. The summed E-state index contributed by atoms with van der Waals surface area (Å²) in [4.78, 5) is 23.7. The van der Waals surface area contributed by atoms with Crippen LogP contribution in [-0.2, 0) is 22.4 Å². The smallest absolute Gasteiger partial charge is 0.313 e. The number of aryl methyl sites for hydroxylation is 2. The van der Waals surface area contributed by atoms with Crippen LogP contribution in [0, 0.1) is 0 Å². The normalized spacial score (nSPS) is 11.8. The summed E-state index contributed by atoms with van der Waals surface area (Å²) in [6.07, 6.45) is 2.28. The molecule has 1 atom stereocenters. The Morgan fingerprint density at radius 1 is 1.14 bits per heavy atom. The van der Waals surface area contributed by atoms with Crippen molar-refractivity contribution in [3.8, 4) is 0 Å². The van der Waals surface area contributed by atoms with Gasteiger partial charge in [-0.2, -0.15) is 0 Å². The summed E-state index contributed by atoms with van der Waals surface area (Å²) >= 11 is 0. The van der Waals surface area contributed by atoms with Gasteiger partial charge in [0, 0.05) is 12.2 Å². The topological polar surface area (TPSA) is 78.4 Å². The van der Waals surface area contributed by atoms with Crippen LogP contribution in [0.2, 0.25) is 0 Å². The number of hydrogen-bond acceptors (Lipinski definition) is 3. The lowest BCUT2D eigenvalue weighted by molar-refractivity contribution is -0.136. The molecule has 0 aliphatic heterocycles. The van der Waals surface area contributed by atoms with Crippen LogP contribution in [0.4, 0.5) is 5.69 Å². The summed E-state index contributed by atoms with van der Waals surface area (Å²) in [6, 6.07) is 5.91. The number of amides is 2. The lowest BCUT2D eigenvalue weighted by Crippen LogP contribution is -2.37. The van der Waals surface area contributed by atoms with Crippen LogP contribution in [0.25, 0.3) is 0 Å². The van der Waals surface area contributed by atoms with Crippen LogP contribution in [-0.4, -0.2) is 29.6 Å². The van der Waals surface area contributed by atoms with E-state index in [0.29, 0.717) is 18.5 Å². The van der Waals surface area contributed by atoms with Crippen LogP contribution >= 0.6 is 0 Å². The van der Waals surface area contributed by atoms with E-state index in [0.717, 1.165) is 24.0 Å². The van der Waals surface area contributed by atoms with Crippen molar-refractivity contribution in [1.29, 1.82) is 0 Å². The third kappa shape index (κ3) is 5.48. The lowest BCUT2D eigenvalue weighted by atomic mass is 10.1. The molecule has 0 aromatic heterocycles. The highest BCUT2D eigenvalue weighted by molar-refractivity contribution is 6.39. The van der Waals surface area contributed by atoms with Crippen molar-refractivity contribution < 1.29 is 14.7 Å². The average molecular weight is 306 g/mol. The maximum atomic E-state index is 11.9. The summed E-state index contributed by atoms with van der Waals surface area (Å²) in [5, 5.41) is 14.6. The summed E-state index contributed by atoms with van der Waals surface area (Å²) in [6.45, 7) is 6.20. The van der Waals surface area contributed by atoms with Gasteiger partial charge in [0.2, 0.25) is 0 Å². The van der Waals surface area contributed by atoms with Crippen molar-refractivity contribution in [2.75, 3.05) is 11.9 Å². The maximum Gasteiger partial charge on any atom is 0.313 e. The SMILES string of the molecule is CCc1ccc(CC)c(NC(=O)C(=O)NCCC(O)CC)c1. The molecular formula is C17H26N2O3. The van der Waals surface area contributed by atoms with E-state index in [1.807, 2.05) is 39.0 Å². The fourth-order valence-electron chi connectivity index (χ4n) is 2.08. The van der Waals surface area contributed by atoms with Crippen LogP contribution in [0.15, 0.2) is 18.2 Å². The minimum absolute atomic E-state index is 0.289. The number of rotatable bonds is 7. The Morgan fingerprint density at radius 3 is 2.45 bits per heavy atom. The van der Waals surface area contributed by atoms with Crippen LogP contribution in [0.3, 0.4) is 0 Å². The monoisotopic (exact) mass is 306 g/mol. The van der Waals surface area contributed by atoms with E-state index in [-0.39, 0.29) is 6.54 Å². The van der Waals surface area contributed by atoms with Crippen molar-refractivity contribution in [2.45, 2.75) is 52.6 Å². The highest BCUT2D eigenvalue weighted by Crippen LogP contribution is 2.19. The Morgan fingerprint density at radius 2 is 1.86 bits per heavy atom. The Hall–Kier alpha value is -1.88. The minimum atomic E-state index is -0.674. The first kappa shape index (κ1) is 18.2. The predicted octanol–water partition coefficient (Wildman–Crippen LogP) is 2.03. The highest BCUT2D eigenvalue weighted by Gasteiger charge is 2.15. The third-order valence-corrected chi connectivity index (χ3v) is 3.65. The van der Waals surface area contributed by atoms with Gasteiger partial charge >= 0.3 is 11.8 Å². The number of aliphatic hydroxyl groups excluding tert-OH is 1. The van der Waals surface area contributed by atoms with E-state index < -0.39 is 17.9 Å². The third-order valence-electron chi connectivity index (χ3n) is 3.65. The molecule has 0 saturated carbocycles. The molecule has 1 rings (SSSR count). The predicted molar refractivity (Wildman–Crippen MR) is 87.8 cm³/mol. The van der Waals surface area contributed by atoms with Gasteiger partial charge in [-0.25, -0.2) is 0 Å². The average Bonchev–Trinajstić information content (AvgIpc) is 2.54. The first-order chi connectivity index (χ1) is 10.5. The van der Waals surface area contributed by atoms with E-state index in [2.05, 4.69) is 10.6 Å². The van der Waals surface area contributed by atoms with E-state index in [4.69, 9.17) is 0 Å². The number of hydrogen-bond donors (Lipinski definition) is 3. The van der Waals surface area contributed by atoms with Crippen LogP contribution in [0.5, 0.6) is 0 Å². The van der Waals surface area contributed by atoms with Crippen molar-refractivity contribution in [2.24, 2.45) is 0 Å². The van der Waals surface area contributed by atoms with Gasteiger partial charge in [0.25, 0.3) is 0 Å². The fourth-order valence-corrected chi connectivity index (χ4v) is 2.08. The molecule has 0 radical (unpaired) electrons. The Bertz CT molecular complexity index is 515. The zero-order chi connectivity index (χ0) is 16.5. The van der Waals surface area contributed by atoms with Gasteiger partial charge in [0.15, 0.2) is 0 Å². The Balaban J connectivity index is 2.62. The Labute approximate surface area is 132 Å². The number of aliphatic hydroxyl groups is 1. The molecule has 0 aliphatic carbocycles. The van der Waals surface area contributed by atoms with Crippen molar-refractivity contribution in [1.82, 2.24) is 5.32 Å². The molecule has 5 nitrogen and oxygen atoms in total. The number of anilines is 1. The van der Waals surface area contributed by atoms with Gasteiger partial charge < -0.3 is 15.7 Å².